The van der Waals surface area contributed by atoms with Crippen LogP contribution in [0.1, 0.15) is 16.7 Å². The number of benzene rings is 1. The molecule has 3 heterocycles. The van der Waals surface area contributed by atoms with Crippen molar-refractivity contribution in [3.05, 3.63) is 59.5 Å². The normalized spacial score (nSPS) is 13.2. The van der Waals surface area contributed by atoms with Gasteiger partial charge in [0.2, 0.25) is 21.9 Å². The highest BCUT2D eigenvalue weighted by atomic mass is 32.2. The zero-order valence-corrected chi connectivity index (χ0v) is 19.3. The van der Waals surface area contributed by atoms with Crippen LogP contribution in [0.15, 0.2) is 42.9 Å². The number of carbonyl (C=O) groups excluding carboxylic acids is 1. The molecular weight excluding hydrogens is 487 g/mol. The summed E-state index contributed by atoms with van der Waals surface area (Å²) in [7, 11) is -2.28. The topological polar surface area (TPSA) is 129 Å². The molecule has 0 radical (unpaired) electrons. The number of nitrogens with one attached hydrogen (secondary N) is 3. The quantitative estimate of drug-likeness (QED) is 0.445. The van der Waals surface area contributed by atoms with E-state index >= 15 is 0 Å². The molecule has 4 rings (SSSR count). The van der Waals surface area contributed by atoms with Crippen LogP contribution in [0.2, 0.25) is 0 Å². The minimum Gasteiger partial charge on any atom is -0.365 e. The Morgan fingerprint density at radius 3 is 2.69 bits per heavy atom. The van der Waals surface area contributed by atoms with E-state index in [1.165, 1.54) is 25.5 Å². The molecular formula is C21H20F3N7O3S. The van der Waals surface area contributed by atoms with Crippen LogP contribution in [0.4, 0.5) is 42.0 Å². The first kappa shape index (κ1) is 24.2. The van der Waals surface area contributed by atoms with Gasteiger partial charge in [0.05, 0.1) is 29.7 Å². The van der Waals surface area contributed by atoms with E-state index in [-0.39, 0.29) is 30.5 Å². The van der Waals surface area contributed by atoms with Crippen LogP contribution >= 0.6 is 0 Å². The van der Waals surface area contributed by atoms with Crippen molar-refractivity contribution < 1.29 is 26.4 Å². The maximum Gasteiger partial charge on any atom is 0.421 e. The highest BCUT2D eigenvalue weighted by Crippen LogP contribution is 2.36. The van der Waals surface area contributed by atoms with E-state index in [2.05, 4.69) is 30.9 Å². The largest absolute Gasteiger partial charge is 0.421 e. The van der Waals surface area contributed by atoms with Crippen LogP contribution in [-0.2, 0) is 34.0 Å². The molecule has 0 spiro atoms. The third kappa shape index (κ3) is 5.26. The molecule has 1 aliphatic rings. The maximum absolute atomic E-state index is 13.6. The molecule has 3 aromatic rings. The molecule has 0 atom stereocenters. The molecule has 0 saturated heterocycles. The summed E-state index contributed by atoms with van der Waals surface area (Å²) in [6.45, 7) is -0.195. The van der Waals surface area contributed by atoms with E-state index in [1.807, 2.05) is 0 Å². The molecule has 0 fully saturated rings. The van der Waals surface area contributed by atoms with Gasteiger partial charge in [-0.05, 0) is 17.7 Å². The number of hydrogen-bond acceptors (Lipinski definition) is 8. The highest BCUT2D eigenvalue weighted by Gasteiger charge is 2.35. The summed E-state index contributed by atoms with van der Waals surface area (Å²) in [4.78, 5) is 23.4. The summed E-state index contributed by atoms with van der Waals surface area (Å²) >= 11 is 0. The number of anilines is 5. The lowest BCUT2D eigenvalue weighted by Crippen LogP contribution is -2.26. The number of sulfonamides is 1. The van der Waals surface area contributed by atoms with Crippen molar-refractivity contribution in [3.63, 3.8) is 0 Å². The number of halogens is 3. The average molecular weight is 507 g/mol. The molecule has 184 valence electrons. The van der Waals surface area contributed by atoms with Gasteiger partial charge in [0.25, 0.3) is 0 Å². The summed E-state index contributed by atoms with van der Waals surface area (Å²) in [5.74, 6) is -0.839. The van der Waals surface area contributed by atoms with E-state index in [0.717, 1.165) is 16.1 Å². The van der Waals surface area contributed by atoms with Gasteiger partial charge in [-0.15, -0.1) is 0 Å². The number of hydrogen-bond donors (Lipinski definition) is 3. The Bertz CT molecular complexity index is 1400. The number of aromatic nitrogens is 3. The number of para-hydroxylation sites is 1. The van der Waals surface area contributed by atoms with Crippen LogP contribution < -0.4 is 20.3 Å². The van der Waals surface area contributed by atoms with Crippen LogP contribution in [-0.4, -0.2) is 42.6 Å². The molecule has 0 bridgehead atoms. The second-order valence-electron chi connectivity index (χ2n) is 7.73. The van der Waals surface area contributed by atoms with Gasteiger partial charge in [0.1, 0.15) is 11.4 Å². The Balaban J connectivity index is 1.64. The fourth-order valence-corrected chi connectivity index (χ4v) is 4.02. The Morgan fingerprint density at radius 1 is 1.20 bits per heavy atom. The number of rotatable bonds is 7. The minimum absolute atomic E-state index is 0.130. The van der Waals surface area contributed by atoms with E-state index in [0.29, 0.717) is 23.1 Å². The average Bonchev–Trinajstić information content (AvgIpc) is 3.17. The van der Waals surface area contributed by atoms with E-state index in [1.54, 1.807) is 18.2 Å². The first-order valence-corrected chi connectivity index (χ1v) is 12.0. The lowest BCUT2D eigenvalue weighted by molar-refractivity contribution is -0.137. The predicted octanol–water partition coefficient (Wildman–Crippen LogP) is 3.14. The van der Waals surface area contributed by atoms with Crippen molar-refractivity contribution in [3.8, 4) is 0 Å². The zero-order valence-electron chi connectivity index (χ0n) is 18.5. The first-order valence-electron chi connectivity index (χ1n) is 10.2. The number of nitrogens with zero attached hydrogens (tertiary/aromatic N) is 4. The van der Waals surface area contributed by atoms with Gasteiger partial charge in [-0.25, -0.2) is 13.4 Å². The standard InChI is InChI=1S/C21H20F3N7O3S/c1-31(35(2,33)34)16-6-7-25-9-13(16)10-26-19-14(21(22,23)24)11-27-20(30-19)28-15-5-3-4-12-8-17(32)29-18(12)15/h3-7,9,11H,8,10H2,1-2H3,(H,29,32)(H2,26,27,28,30). The van der Waals surface area contributed by atoms with Gasteiger partial charge in [0, 0.05) is 37.7 Å². The highest BCUT2D eigenvalue weighted by molar-refractivity contribution is 7.92. The fraction of sp³-hybridized carbons (Fsp3) is 0.238. The molecule has 35 heavy (non-hydrogen) atoms. The van der Waals surface area contributed by atoms with Gasteiger partial charge in [-0.2, -0.15) is 18.2 Å². The SMILES string of the molecule is CN(c1ccncc1CNc1nc(Nc2cccc3c2NC(=O)C3)ncc1C(F)(F)F)S(C)(=O)=O. The van der Waals surface area contributed by atoms with Crippen molar-refractivity contribution in [2.24, 2.45) is 0 Å². The smallest absolute Gasteiger partial charge is 0.365 e. The molecule has 2 aromatic heterocycles. The molecule has 0 unspecified atom stereocenters. The molecule has 0 saturated carbocycles. The van der Waals surface area contributed by atoms with Crippen LogP contribution in [0.3, 0.4) is 0 Å². The number of fused-ring (bicyclic) bond motifs is 1. The first-order chi connectivity index (χ1) is 16.4. The maximum atomic E-state index is 13.6. The van der Waals surface area contributed by atoms with Crippen molar-refractivity contribution in [1.82, 2.24) is 15.0 Å². The second-order valence-corrected chi connectivity index (χ2v) is 9.75. The predicted molar refractivity (Wildman–Crippen MR) is 124 cm³/mol. The van der Waals surface area contributed by atoms with Crippen molar-refractivity contribution >= 4 is 44.8 Å². The van der Waals surface area contributed by atoms with Crippen molar-refractivity contribution in [1.29, 1.82) is 0 Å². The summed E-state index contributed by atoms with van der Waals surface area (Å²) in [6, 6.07) is 6.55. The number of amides is 1. The van der Waals surface area contributed by atoms with Crippen LogP contribution in [0, 0.1) is 0 Å². The van der Waals surface area contributed by atoms with E-state index in [4.69, 9.17) is 0 Å². The van der Waals surface area contributed by atoms with E-state index < -0.39 is 27.6 Å². The summed E-state index contributed by atoms with van der Waals surface area (Å²) in [5, 5.41) is 8.17. The third-order valence-corrected chi connectivity index (χ3v) is 6.46. The summed E-state index contributed by atoms with van der Waals surface area (Å²) in [6.07, 6.45) is -0.159. The van der Waals surface area contributed by atoms with Gasteiger partial charge < -0.3 is 16.0 Å². The van der Waals surface area contributed by atoms with Gasteiger partial charge in [0.15, 0.2) is 0 Å². The fourth-order valence-electron chi connectivity index (χ4n) is 3.48. The second kappa shape index (κ2) is 9.02. The molecule has 0 aliphatic carbocycles. The number of pyridine rings is 1. The lowest BCUT2D eigenvalue weighted by atomic mass is 10.1. The Kier molecular flexibility index (Phi) is 6.23. The van der Waals surface area contributed by atoms with Crippen molar-refractivity contribution in [2.45, 2.75) is 19.1 Å². The zero-order chi connectivity index (χ0) is 25.4. The van der Waals surface area contributed by atoms with E-state index in [9.17, 15) is 26.4 Å². The molecule has 1 aromatic carbocycles. The molecule has 10 nitrogen and oxygen atoms in total. The Labute approximate surface area is 198 Å². The Hall–Kier alpha value is -3.94. The van der Waals surface area contributed by atoms with Crippen LogP contribution in [0.25, 0.3) is 0 Å². The number of carbonyl (C=O) groups is 1. The van der Waals surface area contributed by atoms with Crippen LogP contribution in [0.5, 0.6) is 0 Å². The molecule has 1 amide bonds. The summed E-state index contributed by atoms with van der Waals surface area (Å²) < 4.78 is 65.8. The third-order valence-electron chi connectivity index (χ3n) is 5.27. The molecule has 14 heteroatoms. The summed E-state index contributed by atoms with van der Waals surface area (Å²) in [5.41, 5.74) is 1.18. The van der Waals surface area contributed by atoms with Crippen molar-refractivity contribution in [2.75, 3.05) is 33.6 Å². The van der Waals surface area contributed by atoms with Gasteiger partial charge in [-0.3, -0.25) is 14.1 Å². The molecule has 1 aliphatic heterocycles. The lowest BCUT2D eigenvalue weighted by Gasteiger charge is -2.21. The monoisotopic (exact) mass is 507 g/mol. The Morgan fingerprint density at radius 2 is 1.97 bits per heavy atom. The van der Waals surface area contributed by atoms with Gasteiger partial charge in [-0.1, -0.05) is 12.1 Å². The number of alkyl halides is 3. The minimum atomic E-state index is -4.75. The molecule has 3 N–H and O–H groups in total. The van der Waals surface area contributed by atoms with Gasteiger partial charge >= 0.3 is 6.18 Å².